The summed E-state index contributed by atoms with van der Waals surface area (Å²) in [4.78, 5) is 31.0. The van der Waals surface area contributed by atoms with Crippen LogP contribution in [0.2, 0.25) is 0 Å². The molecule has 1 fully saturated rings. The number of nitrogens with one attached hydrogen (secondary N) is 1. The minimum absolute atomic E-state index is 0.159. The van der Waals surface area contributed by atoms with Gasteiger partial charge in [-0.1, -0.05) is 18.2 Å². The van der Waals surface area contributed by atoms with E-state index < -0.39 is 5.97 Å². The Labute approximate surface area is 191 Å². The maximum absolute atomic E-state index is 12.4. The monoisotopic (exact) mass is 451 g/mol. The van der Waals surface area contributed by atoms with E-state index in [1.807, 2.05) is 11.4 Å². The lowest BCUT2D eigenvalue weighted by Crippen LogP contribution is -2.35. The Hall–Kier alpha value is -3.07. The lowest BCUT2D eigenvalue weighted by Gasteiger charge is -2.26. The van der Waals surface area contributed by atoms with Gasteiger partial charge in [-0.2, -0.15) is 0 Å². The molecule has 1 amide bonds. The van der Waals surface area contributed by atoms with Crippen LogP contribution >= 0.6 is 11.3 Å². The first-order chi connectivity index (χ1) is 15.6. The number of nitrogens with zero attached hydrogens (tertiary/aromatic N) is 2. The van der Waals surface area contributed by atoms with Gasteiger partial charge in [-0.25, -0.2) is 9.78 Å². The number of anilines is 1. The Bertz CT molecular complexity index is 1070. The number of aromatic nitrogens is 1. The van der Waals surface area contributed by atoms with Gasteiger partial charge in [0.05, 0.1) is 38.0 Å². The van der Waals surface area contributed by atoms with Gasteiger partial charge >= 0.3 is 5.97 Å². The molecule has 0 saturated carbocycles. The van der Waals surface area contributed by atoms with Gasteiger partial charge in [0.15, 0.2) is 0 Å². The van der Waals surface area contributed by atoms with Crippen LogP contribution in [0.3, 0.4) is 0 Å². The van der Waals surface area contributed by atoms with E-state index in [-0.39, 0.29) is 12.3 Å². The molecular weight excluding hydrogens is 426 g/mol. The summed E-state index contributed by atoms with van der Waals surface area (Å²) >= 11 is 1.54. The predicted octanol–water partition coefficient (Wildman–Crippen LogP) is 3.61. The van der Waals surface area contributed by atoms with Crippen molar-refractivity contribution in [2.24, 2.45) is 0 Å². The number of carbonyl (C=O) groups excluding carboxylic acids is 2. The predicted molar refractivity (Wildman–Crippen MR) is 124 cm³/mol. The molecule has 1 aliphatic rings. The van der Waals surface area contributed by atoms with Gasteiger partial charge in [-0.15, -0.1) is 11.3 Å². The molecule has 0 atom stereocenters. The Balaban J connectivity index is 1.35. The normalized spacial score (nSPS) is 14.2. The second kappa shape index (κ2) is 10.5. The Kier molecular flexibility index (Phi) is 7.26. The van der Waals surface area contributed by atoms with Gasteiger partial charge in [-0.05, 0) is 35.9 Å². The van der Waals surface area contributed by atoms with Crippen molar-refractivity contribution in [2.75, 3.05) is 38.7 Å². The van der Waals surface area contributed by atoms with Crippen molar-refractivity contribution in [2.45, 2.75) is 13.0 Å². The van der Waals surface area contributed by atoms with Crippen LogP contribution in [0.1, 0.15) is 21.6 Å². The van der Waals surface area contributed by atoms with Gasteiger partial charge < -0.3 is 14.8 Å². The molecule has 1 N–H and O–H groups in total. The highest BCUT2D eigenvalue weighted by Gasteiger charge is 2.13. The van der Waals surface area contributed by atoms with Crippen molar-refractivity contribution in [3.63, 3.8) is 0 Å². The average Bonchev–Trinajstić information content (AvgIpc) is 3.28. The van der Waals surface area contributed by atoms with E-state index in [0.29, 0.717) is 11.3 Å². The summed E-state index contributed by atoms with van der Waals surface area (Å²) in [7, 11) is 1.33. The molecule has 1 aliphatic heterocycles. The van der Waals surface area contributed by atoms with Crippen LogP contribution in [0.4, 0.5) is 5.69 Å². The van der Waals surface area contributed by atoms with Gasteiger partial charge in [0, 0.05) is 36.3 Å². The number of morpholine rings is 1. The molecule has 8 heteroatoms. The van der Waals surface area contributed by atoms with Crippen LogP contribution < -0.4 is 5.32 Å². The highest BCUT2D eigenvalue weighted by atomic mass is 32.1. The first-order valence-corrected chi connectivity index (χ1v) is 11.3. The minimum Gasteiger partial charge on any atom is -0.465 e. The zero-order valence-corrected chi connectivity index (χ0v) is 18.7. The van der Waals surface area contributed by atoms with Crippen molar-refractivity contribution in [3.05, 3.63) is 70.7 Å². The number of thiazole rings is 1. The third kappa shape index (κ3) is 5.79. The number of esters is 1. The van der Waals surface area contributed by atoms with Crippen molar-refractivity contribution >= 4 is 28.9 Å². The smallest absolute Gasteiger partial charge is 0.337 e. The summed E-state index contributed by atoms with van der Waals surface area (Å²) in [5, 5.41) is 5.66. The van der Waals surface area contributed by atoms with Crippen molar-refractivity contribution in [3.8, 4) is 10.6 Å². The molecule has 1 saturated heterocycles. The van der Waals surface area contributed by atoms with Crippen molar-refractivity contribution in [1.29, 1.82) is 0 Å². The Morgan fingerprint density at radius 3 is 2.69 bits per heavy atom. The number of carbonyl (C=O) groups is 2. The number of benzene rings is 2. The van der Waals surface area contributed by atoms with Gasteiger partial charge in [0.2, 0.25) is 5.91 Å². The van der Waals surface area contributed by atoms with E-state index in [0.717, 1.165) is 49.1 Å². The average molecular weight is 452 g/mol. The van der Waals surface area contributed by atoms with Crippen LogP contribution in [-0.4, -0.2) is 55.2 Å². The summed E-state index contributed by atoms with van der Waals surface area (Å²) < 4.78 is 10.1. The number of amides is 1. The second-order valence-corrected chi connectivity index (χ2v) is 8.38. The van der Waals surface area contributed by atoms with Crippen LogP contribution in [0.5, 0.6) is 0 Å². The maximum atomic E-state index is 12.4. The molecule has 0 radical (unpaired) electrons. The van der Waals surface area contributed by atoms with E-state index in [2.05, 4.69) is 38.1 Å². The number of ether oxygens (including phenoxy) is 2. The number of methoxy groups -OCH3 is 1. The molecule has 1 aromatic heterocycles. The molecule has 0 aliphatic carbocycles. The molecule has 3 aromatic rings. The fraction of sp³-hybridized carbons (Fsp3) is 0.292. The van der Waals surface area contributed by atoms with Crippen LogP contribution in [0, 0.1) is 0 Å². The quantitative estimate of drug-likeness (QED) is 0.553. The zero-order valence-electron chi connectivity index (χ0n) is 17.9. The van der Waals surface area contributed by atoms with Crippen LogP contribution in [0.15, 0.2) is 53.9 Å². The van der Waals surface area contributed by atoms with E-state index in [9.17, 15) is 9.59 Å². The minimum atomic E-state index is -0.410. The van der Waals surface area contributed by atoms with Crippen molar-refractivity contribution in [1.82, 2.24) is 9.88 Å². The molecule has 2 aromatic carbocycles. The molecule has 7 nitrogen and oxygen atoms in total. The second-order valence-electron chi connectivity index (χ2n) is 7.53. The number of rotatable bonds is 7. The number of hydrogen-bond acceptors (Lipinski definition) is 7. The van der Waals surface area contributed by atoms with Gasteiger partial charge in [0.25, 0.3) is 0 Å². The fourth-order valence-corrected chi connectivity index (χ4v) is 4.33. The summed E-state index contributed by atoms with van der Waals surface area (Å²) in [6, 6.07) is 15.0. The maximum Gasteiger partial charge on any atom is 0.337 e. The summed E-state index contributed by atoms with van der Waals surface area (Å²) in [6.45, 7) is 4.37. The molecule has 2 heterocycles. The third-order valence-corrected chi connectivity index (χ3v) is 6.11. The fourth-order valence-electron chi connectivity index (χ4n) is 3.52. The first kappa shape index (κ1) is 22.1. The third-order valence-electron chi connectivity index (χ3n) is 5.17. The number of hydrogen-bond donors (Lipinski definition) is 1. The highest BCUT2D eigenvalue weighted by Crippen LogP contribution is 2.25. The SMILES string of the molecule is COC(=O)c1ccc(NC(=O)Cc2csc(-c3cccc(CN4CCOCC4)c3)n2)cc1. The van der Waals surface area contributed by atoms with Gasteiger partial charge in [-0.3, -0.25) is 9.69 Å². The first-order valence-electron chi connectivity index (χ1n) is 10.4. The van der Waals surface area contributed by atoms with Crippen LogP contribution in [-0.2, 0) is 27.2 Å². The zero-order chi connectivity index (χ0) is 22.3. The Morgan fingerprint density at radius 1 is 1.16 bits per heavy atom. The van der Waals surface area contributed by atoms with Gasteiger partial charge in [0.1, 0.15) is 5.01 Å². The van der Waals surface area contributed by atoms with E-state index in [4.69, 9.17) is 4.74 Å². The largest absolute Gasteiger partial charge is 0.465 e. The summed E-state index contributed by atoms with van der Waals surface area (Å²) in [5.74, 6) is -0.569. The molecule has 0 bridgehead atoms. The summed E-state index contributed by atoms with van der Waals surface area (Å²) in [6.07, 6.45) is 0.183. The molecule has 32 heavy (non-hydrogen) atoms. The lowest BCUT2D eigenvalue weighted by molar-refractivity contribution is -0.115. The molecular formula is C24H25N3O4S. The van der Waals surface area contributed by atoms with E-state index in [1.165, 1.54) is 24.0 Å². The molecule has 0 spiro atoms. The van der Waals surface area contributed by atoms with Crippen molar-refractivity contribution < 1.29 is 19.1 Å². The highest BCUT2D eigenvalue weighted by molar-refractivity contribution is 7.13. The molecule has 4 rings (SSSR count). The van der Waals surface area contributed by atoms with Crippen LogP contribution in [0.25, 0.3) is 10.6 Å². The Morgan fingerprint density at radius 2 is 1.94 bits per heavy atom. The van der Waals surface area contributed by atoms with E-state index >= 15 is 0 Å². The molecule has 0 unspecified atom stereocenters. The lowest BCUT2D eigenvalue weighted by atomic mass is 10.1. The summed E-state index contributed by atoms with van der Waals surface area (Å²) in [5.41, 5.74) is 4.09. The topological polar surface area (TPSA) is 80.8 Å². The van der Waals surface area contributed by atoms with E-state index in [1.54, 1.807) is 24.3 Å². The molecule has 166 valence electrons. The standard InChI is InChI=1S/C24H25N3O4S/c1-30-24(29)18-5-7-20(8-6-18)25-22(28)14-21-16-32-23(26-21)19-4-2-3-17(13-19)15-27-9-11-31-12-10-27/h2-8,13,16H,9-12,14-15H2,1H3,(H,25,28).